The lowest BCUT2D eigenvalue weighted by Crippen LogP contribution is -1.88. The number of aromatic amines is 1. The lowest BCUT2D eigenvalue weighted by molar-refractivity contribution is 0.431. The first-order valence-electron chi connectivity index (χ1n) is 4.92. The number of nitrogens with zero attached hydrogens (tertiary/aromatic N) is 2. The van der Waals surface area contributed by atoms with E-state index in [0.717, 1.165) is 22.3 Å². The first kappa shape index (κ1) is 8.96. The molecule has 0 unspecified atom stereocenters. The summed E-state index contributed by atoms with van der Waals surface area (Å²) >= 11 is 0. The minimum absolute atomic E-state index is 0.288. The fourth-order valence-corrected chi connectivity index (χ4v) is 1.75. The molecule has 5 heteroatoms. The normalized spacial score (nSPS) is 11.1. The van der Waals surface area contributed by atoms with Gasteiger partial charge < -0.3 is 15.2 Å². The van der Waals surface area contributed by atoms with Crippen LogP contribution in [0.2, 0.25) is 0 Å². The second kappa shape index (κ2) is 3.10. The third-order valence-electron chi connectivity index (χ3n) is 2.52. The van der Waals surface area contributed by atoms with Crippen molar-refractivity contribution in [2.24, 2.45) is 0 Å². The maximum Gasteiger partial charge on any atom is 0.233 e. The van der Waals surface area contributed by atoms with Gasteiger partial charge in [-0.3, -0.25) is 0 Å². The average molecular weight is 214 g/mol. The van der Waals surface area contributed by atoms with Crippen LogP contribution in [0, 0.1) is 6.92 Å². The topological polar surface area (TPSA) is 80.7 Å². The van der Waals surface area contributed by atoms with Crippen molar-refractivity contribution in [2.45, 2.75) is 6.92 Å². The summed E-state index contributed by atoms with van der Waals surface area (Å²) in [5.74, 6) is 0.981. The molecule has 0 saturated heterocycles. The molecule has 0 spiro atoms. The van der Waals surface area contributed by atoms with Crippen LogP contribution in [0.3, 0.4) is 0 Å². The SMILES string of the molecule is Cc1noc(N)c1-c1nc2ccccc2[nH]1. The standard InChI is InChI=1S/C11H10N4O/c1-6-9(10(12)16-15-6)11-13-7-4-2-3-5-8(7)14-11/h2-5H,12H2,1H3,(H,13,14). The van der Waals surface area contributed by atoms with E-state index in [1.807, 2.05) is 31.2 Å². The van der Waals surface area contributed by atoms with Crippen molar-refractivity contribution in [3.63, 3.8) is 0 Å². The van der Waals surface area contributed by atoms with Crippen molar-refractivity contribution in [2.75, 3.05) is 5.73 Å². The molecule has 5 nitrogen and oxygen atoms in total. The molecule has 1 aromatic carbocycles. The first-order chi connectivity index (χ1) is 7.75. The van der Waals surface area contributed by atoms with E-state index in [-0.39, 0.29) is 5.88 Å². The van der Waals surface area contributed by atoms with Gasteiger partial charge in [0.05, 0.1) is 16.7 Å². The number of H-pyrrole nitrogens is 1. The number of nitrogen functional groups attached to an aromatic ring is 1. The summed E-state index contributed by atoms with van der Waals surface area (Å²) in [4.78, 5) is 7.63. The smallest absolute Gasteiger partial charge is 0.233 e. The molecular weight excluding hydrogens is 204 g/mol. The monoisotopic (exact) mass is 214 g/mol. The molecule has 0 aliphatic carbocycles. The third-order valence-corrected chi connectivity index (χ3v) is 2.52. The first-order valence-corrected chi connectivity index (χ1v) is 4.92. The van der Waals surface area contributed by atoms with Gasteiger partial charge in [0, 0.05) is 0 Å². The summed E-state index contributed by atoms with van der Waals surface area (Å²) in [7, 11) is 0. The van der Waals surface area contributed by atoms with Crippen LogP contribution >= 0.6 is 0 Å². The Bertz CT molecular complexity index is 600. The van der Waals surface area contributed by atoms with Crippen LogP contribution in [0.25, 0.3) is 22.4 Å². The molecule has 0 radical (unpaired) electrons. The van der Waals surface area contributed by atoms with Gasteiger partial charge in [-0.15, -0.1) is 0 Å². The summed E-state index contributed by atoms with van der Waals surface area (Å²) in [6.45, 7) is 1.84. The zero-order chi connectivity index (χ0) is 11.1. The molecule has 16 heavy (non-hydrogen) atoms. The van der Waals surface area contributed by atoms with Gasteiger partial charge in [-0.05, 0) is 19.1 Å². The number of fused-ring (bicyclic) bond motifs is 1. The van der Waals surface area contributed by atoms with Crippen LogP contribution in [0.1, 0.15) is 5.69 Å². The van der Waals surface area contributed by atoms with Crippen LogP contribution in [-0.4, -0.2) is 15.1 Å². The van der Waals surface area contributed by atoms with Crippen molar-refractivity contribution in [3.8, 4) is 11.4 Å². The Morgan fingerprint density at radius 3 is 2.81 bits per heavy atom. The highest BCUT2D eigenvalue weighted by molar-refractivity contribution is 5.81. The maximum absolute atomic E-state index is 5.71. The summed E-state index contributed by atoms with van der Waals surface area (Å²) in [6, 6.07) is 7.80. The molecular formula is C11H10N4O. The summed E-state index contributed by atoms with van der Waals surface area (Å²) in [5.41, 5.74) is 9.04. The molecule has 0 saturated carbocycles. The number of benzene rings is 1. The molecule has 0 amide bonds. The van der Waals surface area contributed by atoms with E-state index in [9.17, 15) is 0 Å². The Morgan fingerprint density at radius 2 is 2.12 bits per heavy atom. The lowest BCUT2D eigenvalue weighted by Gasteiger charge is -1.91. The van der Waals surface area contributed by atoms with Crippen LogP contribution in [-0.2, 0) is 0 Å². The molecule has 0 bridgehead atoms. The predicted octanol–water partition coefficient (Wildman–Crippen LogP) is 2.11. The minimum Gasteiger partial charge on any atom is -0.367 e. The number of para-hydroxylation sites is 2. The quantitative estimate of drug-likeness (QED) is 0.650. The van der Waals surface area contributed by atoms with E-state index in [2.05, 4.69) is 15.1 Å². The molecule has 80 valence electrons. The largest absolute Gasteiger partial charge is 0.367 e. The number of rotatable bonds is 1. The maximum atomic E-state index is 5.71. The summed E-state index contributed by atoms with van der Waals surface area (Å²) < 4.78 is 4.91. The van der Waals surface area contributed by atoms with Crippen LogP contribution < -0.4 is 5.73 Å². The zero-order valence-electron chi connectivity index (χ0n) is 8.69. The Kier molecular flexibility index (Phi) is 1.73. The molecule has 2 heterocycles. The Balaban J connectivity index is 2.27. The van der Waals surface area contributed by atoms with Gasteiger partial charge in [0.15, 0.2) is 0 Å². The fourth-order valence-electron chi connectivity index (χ4n) is 1.75. The number of anilines is 1. The number of imidazole rings is 1. The van der Waals surface area contributed by atoms with Crippen molar-refractivity contribution in [1.82, 2.24) is 15.1 Å². The number of nitrogens with two attached hydrogens (primary N) is 1. The number of aromatic nitrogens is 3. The summed E-state index contributed by atoms with van der Waals surface area (Å²) in [6.07, 6.45) is 0. The molecule has 0 atom stereocenters. The van der Waals surface area contributed by atoms with Gasteiger partial charge in [-0.1, -0.05) is 17.3 Å². The van der Waals surface area contributed by atoms with Gasteiger partial charge in [-0.2, -0.15) is 0 Å². The molecule has 3 N–H and O–H groups in total. The van der Waals surface area contributed by atoms with Crippen LogP contribution in [0.15, 0.2) is 28.8 Å². The highest BCUT2D eigenvalue weighted by atomic mass is 16.5. The lowest BCUT2D eigenvalue weighted by atomic mass is 10.2. The van der Waals surface area contributed by atoms with E-state index in [1.165, 1.54) is 0 Å². The minimum atomic E-state index is 0.288. The Hall–Kier alpha value is -2.30. The van der Waals surface area contributed by atoms with Gasteiger partial charge >= 0.3 is 0 Å². The zero-order valence-corrected chi connectivity index (χ0v) is 8.69. The van der Waals surface area contributed by atoms with Gasteiger partial charge in [0.2, 0.25) is 5.88 Å². The van der Waals surface area contributed by atoms with Gasteiger partial charge in [0.25, 0.3) is 0 Å². The fraction of sp³-hybridized carbons (Fsp3) is 0.0909. The van der Waals surface area contributed by atoms with Crippen molar-refractivity contribution in [1.29, 1.82) is 0 Å². The van der Waals surface area contributed by atoms with E-state index >= 15 is 0 Å². The van der Waals surface area contributed by atoms with Gasteiger partial charge in [-0.25, -0.2) is 4.98 Å². The molecule has 0 aliphatic heterocycles. The molecule has 2 aromatic heterocycles. The number of hydrogen-bond donors (Lipinski definition) is 2. The van der Waals surface area contributed by atoms with Crippen molar-refractivity contribution < 1.29 is 4.52 Å². The van der Waals surface area contributed by atoms with Crippen LogP contribution in [0.5, 0.6) is 0 Å². The van der Waals surface area contributed by atoms with Gasteiger partial charge in [0.1, 0.15) is 11.4 Å². The summed E-state index contributed by atoms with van der Waals surface area (Å²) in [5, 5.41) is 3.80. The Labute approximate surface area is 91.3 Å². The van der Waals surface area contributed by atoms with E-state index in [1.54, 1.807) is 0 Å². The van der Waals surface area contributed by atoms with Crippen molar-refractivity contribution in [3.05, 3.63) is 30.0 Å². The average Bonchev–Trinajstić information content (AvgIpc) is 2.82. The predicted molar refractivity (Wildman–Crippen MR) is 60.7 cm³/mol. The van der Waals surface area contributed by atoms with E-state index in [0.29, 0.717) is 5.82 Å². The highest BCUT2D eigenvalue weighted by Gasteiger charge is 2.15. The number of hydrogen-bond acceptors (Lipinski definition) is 4. The highest BCUT2D eigenvalue weighted by Crippen LogP contribution is 2.28. The molecule has 0 aliphatic rings. The van der Waals surface area contributed by atoms with Crippen molar-refractivity contribution >= 4 is 16.9 Å². The second-order valence-corrected chi connectivity index (χ2v) is 3.61. The number of nitrogens with one attached hydrogen (secondary N) is 1. The third kappa shape index (κ3) is 1.18. The molecule has 0 fully saturated rings. The molecule has 3 rings (SSSR count). The Morgan fingerprint density at radius 1 is 1.31 bits per heavy atom. The second-order valence-electron chi connectivity index (χ2n) is 3.61. The van der Waals surface area contributed by atoms with Crippen LogP contribution in [0.4, 0.5) is 5.88 Å². The number of aryl methyl sites for hydroxylation is 1. The van der Waals surface area contributed by atoms with E-state index < -0.39 is 0 Å². The van der Waals surface area contributed by atoms with E-state index in [4.69, 9.17) is 10.3 Å². The molecule has 3 aromatic rings.